The molecule has 2 aromatic rings. The van der Waals surface area contributed by atoms with Crippen molar-refractivity contribution >= 4 is 11.9 Å². The fraction of sp³-hybridized carbons (Fsp3) is 0.480. The Morgan fingerprint density at radius 3 is 2.65 bits per heavy atom. The van der Waals surface area contributed by atoms with Crippen molar-refractivity contribution in [3.8, 4) is 0 Å². The van der Waals surface area contributed by atoms with Crippen LogP contribution in [0.3, 0.4) is 0 Å². The van der Waals surface area contributed by atoms with Gasteiger partial charge < -0.3 is 14.2 Å². The van der Waals surface area contributed by atoms with Gasteiger partial charge in [0.25, 0.3) is 5.56 Å². The Bertz CT molecular complexity index is 1050. The molecule has 3 aliphatic rings. The van der Waals surface area contributed by atoms with Crippen LogP contribution in [0.2, 0.25) is 0 Å². The summed E-state index contributed by atoms with van der Waals surface area (Å²) in [5.74, 6) is -0.583. The van der Waals surface area contributed by atoms with Gasteiger partial charge in [-0.15, -0.1) is 0 Å². The summed E-state index contributed by atoms with van der Waals surface area (Å²) in [5, 5.41) is 0. The molecule has 162 valence electrons. The van der Waals surface area contributed by atoms with Crippen molar-refractivity contribution in [1.82, 2.24) is 9.47 Å². The van der Waals surface area contributed by atoms with Crippen LogP contribution in [-0.4, -0.2) is 33.5 Å². The first kappa shape index (κ1) is 20.0. The first-order chi connectivity index (χ1) is 15.0. The standard InChI is InChI=1S/C25H28N2O4/c28-22-14-19-9-13-27(24(30)21-15-23(29)31-25(21)10-4-5-11-25)17-20(19)16-26(22)12-8-18-6-2-1-3-7-18/h1-3,6-7,14,16,21H,4-5,8-13,15,17H2. The van der Waals surface area contributed by atoms with Gasteiger partial charge in [-0.3, -0.25) is 14.4 Å². The lowest BCUT2D eigenvalue weighted by molar-refractivity contribution is -0.152. The first-order valence-corrected chi connectivity index (χ1v) is 11.3. The molecule has 1 saturated carbocycles. The molecule has 1 aromatic heterocycles. The number of amides is 1. The molecule has 6 heteroatoms. The third-order valence-electron chi connectivity index (χ3n) is 7.18. The maximum absolute atomic E-state index is 13.4. The number of fused-ring (bicyclic) bond motifs is 1. The van der Waals surface area contributed by atoms with Crippen LogP contribution in [0.1, 0.15) is 48.8 Å². The van der Waals surface area contributed by atoms with Gasteiger partial charge in [0.1, 0.15) is 5.60 Å². The summed E-state index contributed by atoms with van der Waals surface area (Å²) in [6, 6.07) is 11.8. The van der Waals surface area contributed by atoms with Gasteiger partial charge in [-0.05, 0) is 55.2 Å². The first-order valence-electron chi connectivity index (χ1n) is 11.3. The van der Waals surface area contributed by atoms with E-state index in [1.165, 1.54) is 5.56 Å². The highest BCUT2D eigenvalue weighted by Crippen LogP contribution is 2.46. The molecular weight excluding hydrogens is 392 g/mol. The zero-order valence-electron chi connectivity index (χ0n) is 17.7. The highest BCUT2D eigenvalue weighted by molar-refractivity contribution is 5.88. The Kier molecular flexibility index (Phi) is 5.16. The van der Waals surface area contributed by atoms with Gasteiger partial charge in [0.15, 0.2) is 0 Å². The molecule has 2 fully saturated rings. The maximum Gasteiger partial charge on any atom is 0.307 e. The van der Waals surface area contributed by atoms with E-state index in [4.69, 9.17) is 4.74 Å². The Morgan fingerprint density at radius 2 is 1.87 bits per heavy atom. The van der Waals surface area contributed by atoms with E-state index >= 15 is 0 Å². The van der Waals surface area contributed by atoms with Crippen LogP contribution >= 0.6 is 0 Å². The van der Waals surface area contributed by atoms with Gasteiger partial charge in [-0.25, -0.2) is 0 Å². The van der Waals surface area contributed by atoms with E-state index in [0.717, 1.165) is 43.2 Å². The summed E-state index contributed by atoms with van der Waals surface area (Å²) in [7, 11) is 0. The average molecular weight is 421 g/mol. The largest absolute Gasteiger partial charge is 0.458 e. The molecule has 5 rings (SSSR count). The van der Waals surface area contributed by atoms with E-state index in [0.29, 0.717) is 26.1 Å². The fourth-order valence-electron chi connectivity index (χ4n) is 5.48. The summed E-state index contributed by atoms with van der Waals surface area (Å²) >= 11 is 0. The smallest absolute Gasteiger partial charge is 0.307 e. The molecule has 1 amide bonds. The monoisotopic (exact) mass is 420 g/mol. The normalized spacial score (nSPS) is 21.9. The lowest BCUT2D eigenvalue weighted by atomic mass is 9.84. The summed E-state index contributed by atoms with van der Waals surface area (Å²) in [6.45, 7) is 1.68. The van der Waals surface area contributed by atoms with Crippen LogP contribution in [-0.2, 0) is 40.3 Å². The lowest BCUT2D eigenvalue weighted by Crippen LogP contribution is -2.46. The zero-order chi connectivity index (χ0) is 21.4. The summed E-state index contributed by atoms with van der Waals surface area (Å²) in [6.07, 6.45) is 7.16. The van der Waals surface area contributed by atoms with Gasteiger partial charge in [0.05, 0.1) is 12.3 Å². The number of aromatic nitrogens is 1. The molecular formula is C25H28N2O4. The molecule has 1 aliphatic carbocycles. The Morgan fingerprint density at radius 1 is 1.10 bits per heavy atom. The molecule has 1 aromatic carbocycles. The highest BCUT2D eigenvalue weighted by atomic mass is 16.6. The van der Waals surface area contributed by atoms with Crippen LogP contribution < -0.4 is 5.56 Å². The molecule has 6 nitrogen and oxygen atoms in total. The maximum atomic E-state index is 13.4. The minimum atomic E-state index is -0.580. The minimum Gasteiger partial charge on any atom is -0.458 e. The fourth-order valence-corrected chi connectivity index (χ4v) is 5.48. The Balaban J connectivity index is 1.33. The van der Waals surface area contributed by atoms with E-state index in [-0.39, 0.29) is 29.8 Å². The number of esters is 1. The second-order valence-corrected chi connectivity index (χ2v) is 9.10. The number of hydrogen-bond acceptors (Lipinski definition) is 4. The third kappa shape index (κ3) is 3.80. The number of hydrogen-bond donors (Lipinski definition) is 0. The third-order valence-corrected chi connectivity index (χ3v) is 7.18. The van der Waals surface area contributed by atoms with E-state index in [1.807, 2.05) is 29.3 Å². The molecule has 31 heavy (non-hydrogen) atoms. The van der Waals surface area contributed by atoms with Crippen molar-refractivity contribution in [3.63, 3.8) is 0 Å². The van der Waals surface area contributed by atoms with Gasteiger partial charge in [0, 0.05) is 31.9 Å². The SMILES string of the molecule is O=C1CC(C(=O)N2CCc3cc(=O)n(CCc4ccccc4)cc3C2)C2(CCCC2)O1. The number of carbonyl (C=O) groups excluding carboxylic acids is 2. The van der Waals surface area contributed by atoms with Crippen molar-refractivity contribution in [2.24, 2.45) is 5.92 Å². The van der Waals surface area contributed by atoms with Gasteiger partial charge in [-0.2, -0.15) is 0 Å². The molecule has 0 N–H and O–H groups in total. The van der Waals surface area contributed by atoms with Crippen molar-refractivity contribution in [3.05, 3.63) is 69.6 Å². The van der Waals surface area contributed by atoms with Crippen LogP contribution in [0.25, 0.3) is 0 Å². The van der Waals surface area contributed by atoms with Crippen LogP contribution in [0.15, 0.2) is 47.4 Å². The lowest BCUT2D eigenvalue weighted by Gasteiger charge is -2.35. The number of aryl methyl sites for hydroxylation is 2. The van der Waals surface area contributed by atoms with Gasteiger partial charge >= 0.3 is 5.97 Å². The van der Waals surface area contributed by atoms with Gasteiger partial charge in [0.2, 0.25) is 5.91 Å². The highest BCUT2D eigenvalue weighted by Gasteiger charge is 2.54. The number of pyridine rings is 1. The van der Waals surface area contributed by atoms with Crippen molar-refractivity contribution in [2.75, 3.05) is 6.54 Å². The second-order valence-electron chi connectivity index (χ2n) is 9.10. The molecule has 0 bridgehead atoms. The number of nitrogens with zero attached hydrogens (tertiary/aromatic N) is 2. The Labute approximate surface area is 181 Å². The molecule has 2 aliphatic heterocycles. The van der Waals surface area contributed by atoms with Crippen molar-refractivity contribution in [2.45, 2.75) is 63.6 Å². The molecule has 0 radical (unpaired) electrons. The van der Waals surface area contributed by atoms with Crippen LogP contribution in [0.5, 0.6) is 0 Å². The van der Waals surface area contributed by atoms with E-state index < -0.39 is 5.60 Å². The quantitative estimate of drug-likeness (QED) is 0.714. The number of ether oxygens (including phenoxy) is 1. The van der Waals surface area contributed by atoms with E-state index in [9.17, 15) is 14.4 Å². The molecule has 3 heterocycles. The zero-order valence-corrected chi connectivity index (χ0v) is 17.7. The topological polar surface area (TPSA) is 68.6 Å². The number of benzene rings is 1. The summed E-state index contributed by atoms with van der Waals surface area (Å²) in [5.41, 5.74) is 2.67. The van der Waals surface area contributed by atoms with E-state index in [2.05, 4.69) is 12.1 Å². The predicted octanol–water partition coefficient (Wildman–Crippen LogP) is 2.85. The van der Waals surface area contributed by atoms with Gasteiger partial charge in [-0.1, -0.05) is 30.3 Å². The van der Waals surface area contributed by atoms with E-state index in [1.54, 1.807) is 10.6 Å². The molecule has 1 unspecified atom stereocenters. The van der Waals surface area contributed by atoms with Crippen molar-refractivity contribution in [1.29, 1.82) is 0 Å². The summed E-state index contributed by atoms with van der Waals surface area (Å²) < 4.78 is 7.43. The number of rotatable bonds is 4. The Hall–Kier alpha value is -2.89. The van der Waals surface area contributed by atoms with Crippen LogP contribution in [0.4, 0.5) is 0 Å². The number of carbonyl (C=O) groups is 2. The average Bonchev–Trinajstić information content (AvgIpc) is 3.38. The molecule has 1 saturated heterocycles. The van der Waals surface area contributed by atoms with Crippen molar-refractivity contribution < 1.29 is 14.3 Å². The summed E-state index contributed by atoms with van der Waals surface area (Å²) in [4.78, 5) is 39.9. The second kappa shape index (κ2) is 7.98. The van der Waals surface area contributed by atoms with Crippen LogP contribution in [0, 0.1) is 5.92 Å². The minimum absolute atomic E-state index is 0.00848. The predicted molar refractivity (Wildman–Crippen MR) is 115 cm³/mol. The molecule has 1 atom stereocenters. The molecule has 1 spiro atoms.